The van der Waals surface area contributed by atoms with Gasteiger partial charge in [0.25, 0.3) is 0 Å². The lowest BCUT2D eigenvalue weighted by Crippen LogP contribution is -2.09. The predicted molar refractivity (Wildman–Crippen MR) is 541 cm³/mol. The molecule has 598 valence electrons. The summed E-state index contributed by atoms with van der Waals surface area (Å²) in [7, 11) is 0. The number of fused-ring (bicyclic) bond motifs is 4. The van der Waals surface area contributed by atoms with Gasteiger partial charge in [0.1, 0.15) is 39.2 Å². The summed E-state index contributed by atoms with van der Waals surface area (Å²) in [5, 5.41) is 30.2. The van der Waals surface area contributed by atoms with Gasteiger partial charge in [-0.2, -0.15) is 0 Å². The van der Waals surface area contributed by atoms with Crippen LogP contribution in [0.3, 0.4) is 0 Å². The molecule has 4 heterocycles. The summed E-state index contributed by atoms with van der Waals surface area (Å²) in [4.78, 5) is 14.9. The average molecular weight is 1640 g/mol. The van der Waals surface area contributed by atoms with Gasteiger partial charge in [0.15, 0.2) is 0 Å². The van der Waals surface area contributed by atoms with E-state index in [0.29, 0.717) is 0 Å². The molecule has 29 aromatic rings. The molecule has 25 aromatic carbocycles. The number of nitrogens with zero attached hydrogens (tertiary/aromatic N) is 4. The van der Waals surface area contributed by atoms with Gasteiger partial charge < -0.3 is 23.1 Å². The zero-order valence-electron chi connectivity index (χ0n) is 69.6. The van der Waals surface area contributed by atoms with Crippen molar-refractivity contribution in [3.05, 3.63) is 437 Å². The second-order valence-corrected chi connectivity index (χ2v) is 34.0. The number of aromatic nitrogens is 2. The van der Waals surface area contributed by atoms with Gasteiger partial charge in [-0.3, -0.25) is 0 Å². The molecule has 0 aliphatic rings. The molecular formula is C122H72N4O3. The van der Waals surface area contributed by atoms with Crippen LogP contribution in [-0.4, -0.2) is 9.97 Å². The first-order valence-electron chi connectivity index (χ1n) is 44.1. The summed E-state index contributed by atoms with van der Waals surface area (Å²) >= 11 is 0. The third kappa shape index (κ3) is 11.3. The van der Waals surface area contributed by atoms with Crippen molar-refractivity contribution in [1.82, 2.24) is 9.97 Å². The molecule has 0 saturated heterocycles. The minimum absolute atomic E-state index is 0.837. The summed E-state index contributed by atoms with van der Waals surface area (Å²) in [5.74, 6) is 0. The number of anilines is 6. The van der Waals surface area contributed by atoms with Crippen molar-refractivity contribution in [3.8, 4) is 67.0 Å². The number of hydrogen-bond acceptors (Lipinski definition) is 7. The van der Waals surface area contributed by atoms with Crippen molar-refractivity contribution in [3.63, 3.8) is 0 Å². The van der Waals surface area contributed by atoms with Crippen LogP contribution in [-0.2, 0) is 0 Å². The number of para-hydroxylation sites is 5. The van der Waals surface area contributed by atoms with Gasteiger partial charge in [-0.1, -0.05) is 309 Å². The SMILES string of the molecule is c1ccc(-c2ccc(N(c3ccccc3)c3ccc(-c4ccc5c6cccc7ccc8ccc9oc4c5c9c8c76)cc3)cc2)cc1.c1ccc(-c2nc3ccccc3nc2-c2ccc3c4cccc5ccc6ccc7oc2c3c7c6c54)cc1.c1ccc(N(c2ccccc2)c2ccc(-c3cccc(-c4ccc5c6cccc7ccc8ccc9oc4c5c9c8c76)c3)cc2)cc1. The topological polar surface area (TPSA) is 71.7 Å². The molecule has 0 aliphatic heterocycles. The van der Waals surface area contributed by atoms with Crippen molar-refractivity contribution >= 4 is 208 Å². The number of furan rings is 3. The highest BCUT2D eigenvalue weighted by molar-refractivity contribution is 6.43. The van der Waals surface area contributed by atoms with Crippen molar-refractivity contribution in [2.75, 3.05) is 9.80 Å². The van der Waals surface area contributed by atoms with E-state index >= 15 is 0 Å². The van der Waals surface area contributed by atoms with Crippen LogP contribution in [0.5, 0.6) is 0 Å². The Morgan fingerprint density at radius 1 is 0.163 bits per heavy atom. The number of benzene rings is 25. The maximum absolute atomic E-state index is 6.73. The van der Waals surface area contributed by atoms with E-state index in [2.05, 4.69) is 404 Å². The Labute approximate surface area is 739 Å². The minimum atomic E-state index is 0.837. The number of rotatable bonds is 12. The average Bonchev–Trinajstić information content (AvgIpc) is 1.58. The van der Waals surface area contributed by atoms with E-state index in [9.17, 15) is 0 Å². The lowest BCUT2D eigenvalue weighted by molar-refractivity contribution is 0.670. The molecule has 0 spiro atoms. The normalized spacial score (nSPS) is 12.0. The first-order valence-corrected chi connectivity index (χ1v) is 44.1. The van der Waals surface area contributed by atoms with Crippen LogP contribution in [0.2, 0.25) is 0 Å². The standard InChI is InChI=1S/2C44H27NO.C34H18N2O/c1-3-12-33(13-4-1)45(34-14-5-2-6-15-34)35-22-19-28(20-23-35)31-10-7-11-32(27-31)36-24-25-38-37-16-8-9-29-17-18-30-21-26-39-43(41(30)40(29)37)42(38)44(36)46-39;1-3-8-28(9-4-1)29-16-21-34(22-17-29)45(33-11-5-2-6-12-33)35-23-18-30(19-24-35)36-25-26-38-37-13-7-10-31-14-15-32-20-27-39-43(41(32)40(31)37)42(38)44(36)46-39;1-2-7-21(8-3-1)32-33(36-26-12-5-4-11-25(26)35-32)24-17-16-23-22-10-6-9-19-13-14-20-15-18-27-31(29(20)28(19)22)30(23)34(24)37-27/h2*1-27H;1-18H. The van der Waals surface area contributed by atoms with Crippen LogP contribution in [0.25, 0.3) is 241 Å². The summed E-state index contributed by atoms with van der Waals surface area (Å²) in [5.41, 5.74) is 27.0. The Bertz CT molecular complexity index is 9300. The lowest BCUT2D eigenvalue weighted by Gasteiger charge is -2.26. The Morgan fingerprint density at radius 2 is 0.450 bits per heavy atom. The van der Waals surface area contributed by atoms with E-state index in [0.717, 1.165) is 123 Å². The van der Waals surface area contributed by atoms with Crippen LogP contribution in [0, 0.1) is 0 Å². The molecule has 0 amide bonds. The minimum Gasteiger partial charge on any atom is -0.455 e. The largest absolute Gasteiger partial charge is 0.455 e. The third-order valence-electron chi connectivity index (χ3n) is 26.9. The number of hydrogen-bond donors (Lipinski definition) is 0. The summed E-state index contributed by atoms with van der Waals surface area (Å²) in [6.07, 6.45) is 0. The predicted octanol–water partition coefficient (Wildman–Crippen LogP) is 34.6. The Balaban J connectivity index is 0.000000100. The van der Waals surface area contributed by atoms with E-state index in [4.69, 9.17) is 23.2 Å². The highest BCUT2D eigenvalue weighted by Crippen LogP contribution is 2.54. The molecule has 0 bridgehead atoms. The maximum Gasteiger partial charge on any atom is 0.145 e. The van der Waals surface area contributed by atoms with Crippen molar-refractivity contribution < 1.29 is 13.3 Å². The molecule has 0 radical (unpaired) electrons. The van der Waals surface area contributed by atoms with Gasteiger partial charge in [0.05, 0.1) is 16.7 Å². The fraction of sp³-hybridized carbons (Fsp3) is 0. The monoisotopic (exact) mass is 1640 g/mol. The quantitative estimate of drug-likeness (QED) is 0.0891. The molecule has 7 nitrogen and oxygen atoms in total. The van der Waals surface area contributed by atoms with E-state index in [1.54, 1.807) is 0 Å². The van der Waals surface area contributed by atoms with Crippen LogP contribution >= 0.6 is 0 Å². The molecule has 0 saturated carbocycles. The lowest BCUT2D eigenvalue weighted by atomic mass is 9.88. The molecule has 0 aliphatic carbocycles. The molecule has 129 heavy (non-hydrogen) atoms. The van der Waals surface area contributed by atoms with Gasteiger partial charge in [0.2, 0.25) is 0 Å². The Morgan fingerprint density at radius 3 is 0.868 bits per heavy atom. The van der Waals surface area contributed by atoms with Crippen molar-refractivity contribution in [2.45, 2.75) is 0 Å². The zero-order valence-corrected chi connectivity index (χ0v) is 69.6. The second-order valence-electron chi connectivity index (χ2n) is 34.0. The Kier molecular flexibility index (Phi) is 16.0. The maximum atomic E-state index is 6.73. The molecule has 0 atom stereocenters. The van der Waals surface area contributed by atoms with E-state index < -0.39 is 0 Å². The molecule has 0 N–H and O–H groups in total. The molecular weight excluding hydrogens is 1570 g/mol. The first kappa shape index (κ1) is 72.2. The van der Waals surface area contributed by atoms with Gasteiger partial charge in [-0.15, -0.1) is 0 Å². The van der Waals surface area contributed by atoms with Crippen LogP contribution in [0.4, 0.5) is 34.1 Å². The first-order chi connectivity index (χ1) is 64.0. The Hall–Kier alpha value is -17.3. The fourth-order valence-corrected chi connectivity index (χ4v) is 21.2. The second kappa shape index (κ2) is 28.7. The van der Waals surface area contributed by atoms with Gasteiger partial charge >= 0.3 is 0 Å². The van der Waals surface area contributed by atoms with Gasteiger partial charge in [-0.05, 0) is 242 Å². The van der Waals surface area contributed by atoms with Gasteiger partial charge in [0, 0.05) is 105 Å². The molecule has 0 fully saturated rings. The van der Waals surface area contributed by atoms with E-state index in [1.807, 2.05) is 42.5 Å². The van der Waals surface area contributed by atoms with E-state index in [-0.39, 0.29) is 0 Å². The van der Waals surface area contributed by atoms with Crippen LogP contribution < -0.4 is 9.80 Å². The zero-order chi connectivity index (χ0) is 84.5. The molecule has 4 aromatic heterocycles. The van der Waals surface area contributed by atoms with Crippen molar-refractivity contribution in [1.29, 1.82) is 0 Å². The molecule has 29 rings (SSSR count). The van der Waals surface area contributed by atoms with Crippen LogP contribution in [0.1, 0.15) is 0 Å². The smallest absolute Gasteiger partial charge is 0.145 e. The highest BCUT2D eigenvalue weighted by atomic mass is 16.3. The fourth-order valence-electron chi connectivity index (χ4n) is 21.2. The highest BCUT2D eigenvalue weighted by Gasteiger charge is 2.29. The van der Waals surface area contributed by atoms with E-state index in [1.165, 1.54) is 152 Å². The van der Waals surface area contributed by atoms with Crippen LogP contribution in [0.15, 0.2) is 450 Å². The third-order valence-corrected chi connectivity index (χ3v) is 26.9. The molecule has 7 heteroatoms. The van der Waals surface area contributed by atoms with Gasteiger partial charge in [-0.25, -0.2) is 9.97 Å². The molecule has 0 unspecified atom stereocenters. The summed E-state index contributed by atoms with van der Waals surface area (Å²) in [6.45, 7) is 0. The summed E-state index contributed by atoms with van der Waals surface area (Å²) < 4.78 is 20.2. The summed E-state index contributed by atoms with van der Waals surface area (Å²) in [6, 6.07) is 156. The van der Waals surface area contributed by atoms with Crippen molar-refractivity contribution in [2.24, 2.45) is 0 Å².